The lowest BCUT2D eigenvalue weighted by Gasteiger charge is -2.33. The van der Waals surface area contributed by atoms with Gasteiger partial charge in [0.25, 0.3) is 0 Å². The average Bonchev–Trinajstić information content (AvgIpc) is 2.24. The van der Waals surface area contributed by atoms with E-state index >= 15 is 0 Å². The molecule has 0 bridgehead atoms. The molecule has 1 rings (SSSR count). The van der Waals surface area contributed by atoms with Crippen LogP contribution in [0.25, 0.3) is 0 Å². The Morgan fingerprint density at radius 3 is 2.18 bits per heavy atom. The molecular formula is C13H19F2NO. The second kappa shape index (κ2) is 5.56. The highest BCUT2D eigenvalue weighted by molar-refractivity contribution is 5.19. The predicted octanol–water partition coefficient (Wildman–Crippen LogP) is 2.52. The van der Waals surface area contributed by atoms with Gasteiger partial charge in [-0.1, -0.05) is 0 Å². The van der Waals surface area contributed by atoms with E-state index in [0.29, 0.717) is 12.0 Å². The summed E-state index contributed by atoms with van der Waals surface area (Å²) in [7, 11) is 3.43. The van der Waals surface area contributed by atoms with Crippen LogP contribution in [0.1, 0.15) is 19.4 Å². The minimum atomic E-state index is -0.551. The SMILES string of the molecule is CNC(Cc1cc(F)cc(F)c1)C(C)(C)OC. The lowest BCUT2D eigenvalue weighted by molar-refractivity contribution is -0.00800. The fourth-order valence-corrected chi connectivity index (χ4v) is 1.80. The number of halogens is 2. The largest absolute Gasteiger partial charge is 0.377 e. The second-order valence-electron chi connectivity index (χ2n) is 4.63. The van der Waals surface area contributed by atoms with Gasteiger partial charge >= 0.3 is 0 Å². The molecule has 0 aliphatic heterocycles. The molecule has 4 heteroatoms. The van der Waals surface area contributed by atoms with Crippen LogP contribution in [0.2, 0.25) is 0 Å². The van der Waals surface area contributed by atoms with Gasteiger partial charge < -0.3 is 10.1 Å². The molecule has 96 valence electrons. The Morgan fingerprint density at radius 2 is 1.76 bits per heavy atom. The van der Waals surface area contributed by atoms with Gasteiger partial charge in [-0.05, 0) is 45.0 Å². The van der Waals surface area contributed by atoms with Crippen molar-refractivity contribution in [2.75, 3.05) is 14.2 Å². The zero-order valence-corrected chi connectivity index (χ0v) is 10.7. The lowest BCUT2D eigenvalue weighted by Crippen LogP contribution is -2.48. The van der Waals surface area contributed by atoms with Gasteiger partial charge in [0, 0.05) is 19.2 Å². The molecule has 0 saturated carbocycles. The van der Waals surface area contributed by atoms with E-state index in [1.807, 2.05) is 13.8 Å². The van der Waals surface area contributed by atoms with Gasteiger partial charge in [0.05, 0.1) is 5.60 Å². The van der Waals surface area contributed by atoms with Crippen LogP contribution >= 0.6 is 0 Å². The summed E-state index contributed by atoms with van der Waals surface area (Å²) in [5.41, 5.74) is 0.212. The third kappa shape index (κ3) is 3.75. The Bertz CT molecular complexity index is 359. The second-order valence-corrected chi connectivity index (χ2v) is 4.63. The van der Waals surface area contributed by atoms with Gasteiger partial charge in [0.2, 0.25) is 0 Å². The summed E-state index contributed by atoms with van der Waals surface area (Å²) in [6.07, 6.45) is 0.506. The Balaban J connectivity index is 2.88. The molecular weight excluding hydrogens is 224 g/mol. The molecule has 0 amide bonds. The van der Waals surface area contributed by atoms with Gasteiger partial charge in [-0.25, -0.2) is 8.78 Å². The third-order valence-electron chi connectivity index (χ3n) is 3.08. The maximum Gasteiger partial charge on any atom is 0.126 e. The number of nitrogens with one attached hydrogen (secondary N) is 1. The zero-order valence-electron chi connectivity index (χ0n) is 10.7. The monoisotopic (exact) mass is 243 g/mol. The van der Waals surface area contributed by atoms with E-state index in [0.717, 1.165) is 6.07 Å². The molecule has 2 nitrogen and oxygen atoms in total. The molecule has 1 N–H and O–H groups in total. The maximum atomic E-state index is 13.1. The fourth-order valence-electron chi connectivity index (χ4n) is 1.80. The number of likely N-dealkylation sites (N-methyl/N-ethyl adjacent to an activating group) is 1. The van der Waals surface area contributed by atoms with E-state index in [4.69, 9.17) is 4.74 Å². The molecule has 0 aliphatic carbocycles. The first-order valence-corrected chi connectivity index (χ1v) is 5.56. The molecule has 0 heterocycles. The van der Waals surface area contributed by atoms with Crippen LogP contribution in [0.15, 0.2) is 18.2 Å². The number of rotatable bonds is 5. The quantitative estimate of drug-likeness (QED) is 0.858. The molecule has 0 fully saturated rings. The zero-order chi connectivity index (χ0) is 13.1. The third-order valence-corrected chi connectivity index (χ3v) is 3.08. The van der Waals surface area contributed by atoms with Crippen LogP contribution in [0.3, 0.4) is 0 Å². The number of ether oxygens (including phenoxy) is 1. The molecule has 1 atom stereocenters. The average molecular weight is 243 g/mol. The molecule has 0 spiro atoms. The first kappa shape index (κ1) is 14.1. The minimum Gasteiger partial charge on any atom is -0.377 e. The summed E-state index contributed by atoms with van der Waals surface area (Å²) >= 11 is 0. The summed E-state index contributed by atoms with van der Waals surface area (Å²) in [6, 6.07) is 3.55. The first-order chi connectivity index (χ1) is 7.89. The van der Waals surface area contributed by atoms with Crippen LogP contribution in [-0.4, -0.2) is 25.8 Å². The molecule has 0 radical (unpaired) electrons. The van der Waals surface area contributed by atoms with Crippen LogP contribution < -0.4 is 5.32 Å². The summed E-state index contributed by atoms with van der Waals surface area (Å²) in [5, 5.41) is 3.11. The molecule has 0 saturated heterocycles. The lowest BCUT2D eigenvalue weighted by atomic mass is 9.92. The number of hydrogen-bond acceptors (Lipinski definition) is 2. The van der Waals surface area contributed by atoms with Crippen molar-refractivity contribution in [2.45, 2.75) is 31.9 Å². The topological polar surface area (TPSA) is 21.3 Å². The number of benzene rings is 1. The molecule has 17 heavy (non-hydrogen) atoms. The van der Waals surface area contributed by atoms with Gasteiger partial charge in [-0.2, -0.15) is 0 Å². The van der Waals surface area contributed by atoms with Gasteiger partial charge in [0.15, 0.2) is 0 Å². The van der Waals surface area contributed by atoms with Gasteiger partial charge in [0.1, 0.15) is 11.6 Å². The van der Waals surface area contributed by atoms with E-state index < -0.39 is 17.2 Å². The van der Waals surface area contributed by atoms with Crippen molar-refractivity contribution in [2.24, 2.45) is 0 Å². The maximum absolute atomic E-state index is 13.1. The van der Waals surface area contributed by atoms with Crippen molar-refractivity contribution in [3.05, 3.63) is 35.4 Å². The highest BCUT2D eigenvalue weighted by Gasteiger charge is 2.28. The predicted molar refractivity (Wildman–Crippen MR) is 64.0 cm³/mol. The molecule has 0 aromatic heterocycles. The van der Waals surface area contributed by atoms with Crippen molar-refractivity contribution < 1.29 is 13.5 Å². The summed E-state index contributed by atoms with van der Waals surface area (Å²) in [4.78, 5) is 0. The highest BCUT2D eigenvalue weighted by atomic mass is 19.1. The highest BCUT2D eigenvalue weighted by Crippen LogP contribution is 2.19. The van der Waals surface area contributed by atoms with Crippen molar-refractivity contribution in [3.8, 4) is 0 Å². The van der Waals surface area contributed by atoms with Crippen molar-refractivity contribution in [1.82, 2.24) is 5.32 Å². The van der Waals surface area contributed by atoms with Crippen molar-refractivity contribution in [3.63, 3.8) is 0 Å². The Labute approximate surface area is 101 Å². The van der Waals surface area contributed by atoms with Crippen molar-refractivity contribution in [1.29, 1.82) is 0 Å². The van der Waals surface area contributed by atoms with E-state index in [9.17, 15) is 8.78 Å². The minimum absolute atomic E-state index is 0.0197. The van der Waals surface area contributed by atoms with Crippen molar-refractivity contribution >= 4 is 0 Å². The standard InChI is InChI=1S/C13H19F2NO/c1-13(2,17-4)12(16-3)7-9-5-10(14)8-11(15)6-9/h5-6,8,12,16H,7H2,1-4H3. The first-order valence-electron chi connectivity index (χ1n) is 5.56. The molecule has 1 unspecified atom stereocenters. The number of hydrogen-bond donors (Lipinski definition) is 1. The Morgan fingerprint density at radius 1 is 1.24 bits per heavy atom. The summed E-state index contributed by atoms with van der Waals surface area (Å²) in [5.74, 6) is -1.10. The fraction of sp³-hybridized carbons (Fsp3) is 0.538. The van der Waals surface area contributed by atoms with E-state index in [-0.39, 0.29) is 6.04 Å². The molecule has 0 aliphatic rings. The van der Waals surface area contributed by atoms with Crippen LogP contribution in [0.5, 0.6) is 0 Å². The van der Waals surface area contributed by atoms with E-state index in [1.165, 1.54) is 12.1 Å². The van der Waals surface area contributed by atoms with Gasteiger partial charge in [-0.15, -0.1) is 0 Å². The van der Waals surface area contributed by atoms with E-state index in [1.54, 1.807) is 14.2 Å². The number of methoxy groups -OCH3 is 1. The van der Waals surface area contributed by atoms with Gasteiger partial charge in [-0.3, -0.25) is 0 Å². The smallest absolute Gasteiger partial charge is 0.126 e. The summed E-state index contributed by atoms with van der Waals surface area (Å²) < 4.78 is 31.5. The Hall–Kier alpha value is -1.00. The summed E-state index contributed by atoms with van der Waals surface area (Å²) in [6.45, 7) is 3.87. The van der Waals surface area contributed by atoms with E-state index in [2.05, 4.69) is 5.32 Å². The Kier molecular flexibility index (Phi) is 4.60. The molecule has 1 aromatic carbocycles. The molecule has 1 aromatic rings. The van der Waals surface area contributed by atoms with Crippen LogP contribution in [0.4, 0.5) is 8.78 Å². The van der Waals surface area contributed by atoms with Crippen LogP contribution in [0, 0.1) is 11.6 Å². The normalized spacial score (nSPS) is 13.8. The van der Waals surface area contributed by atoms with Crippen LogP contribution in [-0.2, 0) is 11.2 Å².